The van der Waals surface area contributed by atoms with Gasteiger partial charge in [0, 0.05) is 18.6 Å². The van der Waals surface area contributed by atoms with E-state index in [1.165, 1.54) is 29.3 Å². The summed E-state index contributed by atoms with van der Waals surface area (Å²) in [5.74, 6) is 0.373. The molecule has 78 valence electrons. The van der Waals surface area contributed by atoms with E-state index in [1.54, 1.807) is 12.1 Å². The largest absolute Gasteiger partial charge is 0.373 e. The third-order valence-electron chi connectivity index (χ3n) is 2.06. The minimum atomic E-state index is -0.365. The Morgan fingerprint density at radius 1 is 1.19 bits per heavy atom. The van der Waals surface area contributed by atoms with E-state index < -0.39 is 0 Å². The van der Waals surface area contributed by atoms with Crippen LogP contribution >= 0.6 is 0 Å². The van der Waals surface area contributed by atoms with Crippen molar-refractivity contribution in [1.29, 1.82) is 0 Å². The van der Waals surface area contributed by atoms with Gasteiger partial charge >= 0.3 is 5.69 Å². The van der Waals surface area contributed by atoms with Crippen LogP contribution in [0.15, 0.2) is 41.7 Å². The summed E-state index contributed by atoms with van der Waals surface area (Å²) in [5.41, 5.74) is 0.106. The van der Waals surface area contributed by atoms with Crippen LogP contribution in [0.4, 0.5) is 0 Å². The fourth-order valence-electron chi connectivity index (χ4n) is 1.37. The summed E-state index contributed by atoms with van der Waals surface area (Å²) in [4.78, 5) is 19.7. The molecule has 0 saturated carbocycles. The van der Waals surface area contributed by atoms with E-state index in [0.717, 1.165) is 4.68 Å². The molecule has 0 spiro atoms. The third kappa shape index (κ3) is 1.18. The summed E-state index contributed by atoms with van der Waals surface area (Å²) in [7, 11) is 0. The minimum Gasteiger partial charge on any atom is -0.259 e. The molecule has 0 radical (unpaired) electrons. The zero-order valence-corrected chi connectivity index (χ0v) is 8.06. The smallest absolute Gasteiger partial charge is 0.259 e. The molecule has 0 aliphatic heterocycles. The lowest BCUT2D eigenvalue weighted by atomic mass is 10.6. The van der Waals surface area contributed by atoms with Crippen LogP contribution in [0.3, 0.4) is 0 Å². The Labute approximate surface area is 89.0 Å². The van der Waals surface area contributed by atoms with E-state index in [0.29, 0.717) is 11.5 Å². The zero-order valence-electron chi connectivity index (χ0n) is 8.06. The lowest BCUT2D eigenvalue weighted by molar-refractivity contribution is 0.778. The van der Waals surface area contributed by atoms with Crippen molar-refractivity contribution in [1.82, 2.24) is 29.4 Å². The molecule has 0 unspecified atom stereocenters. The van der Waals surface area contributed by atoms with Crippen LogP contribution in [0.1, 0.15) is 0 Å². The maximum Gasteiger partial charge on any atom is 0.373 e. The first-order valence-electron chi connectivity index (χ1n) is 4.56. The van der Waals surface area contributed by atoms with Crippen LogP contribution in [-0.2, 0) is 0 Å². The van der Waals surface area contributed by atoms with Crippen molar-refractivity contribution < 1.29 is 0 Å². The van der Waals surface area contributed by atoms with Crippen LogP contribution < -0.4 is 5.69 Å². The van der Waals surface area contributed by atoms with Crippen molar-refractivity contribution in [3.8, 4) is 5.82 Å². The maximum atomic E-state index is 11.9. The van der Waals surface area contributed by atoms with Crippen LogP contribution in [0.25, 0.3) is 11.5 Å². The third-order valence-corrected chi connectivity index (χ3v) is 2.06. The second-order valence-electron chi connectivity index (χ2n) is 3.05. The van der Waals surface area contributed by atoms with Gasteiger partial charge in [0.15, 0.2) is 11.5 Å². The van der Waals surface area contributed by atoms with E-state index in [-0.39, 0.29) is 5.69 Å². The first-order chi connectivity index (χ1) is 7.86. The number of nitrogens with zero attached hydrogens (tertiary/aromatic N) is 6. The second kappa shape index (κ2) is 3.23. The molecule has 7 nitrogen and oxygen atoms in total. The predicted octanol–water partition coefficient (Wildman–Crippen LogP) is -0.330. The Kier molecular flexibility index (Phi) is 1.76. The van der Waals surface area contributed by atoms with Gasteiger partial charge in [0.2, 0.25) is 0 Å². The molecule has 3 aromatic heterocycles. The molecule has 0 aliphatic rings. The van der Waals surface area contributed by atoms with Gasteiger partial charge in [-0.15, -0.1) is 5.10 Å². The van der Waals surface area contributed by atoms with E-state index in [2.05, 4.69) is 20.2 Å². The van der Waals surface area contributed by atoms with Crippen LogP contribution in [0.5, 0.6) is 0 Å². The number of fused-ring (bicyclic) bond motifs is 1. The van der Waals surface area contributed by atoms with Crippen LogP contribution in [0, 0.1) is 0 Å². The average Bonchev–Trinajstić information content (AvgIpc) is 2.69. The fourth-order valence-corrected chi connectivity index (χ4v) is 1.37. The van der Waals surface area contributed by atoms with Crippen LogP contribution in [0.2, 0.25) is 0 Å². The van der Waals surface area contributed by atoms with Crippen LogP contribution in [-0.4, -0.2) is 29.4 Å². The van der Waals surface area contributed by atoms with Crippen molar-refractivity contribution in [3.63, 3.8) is 0 Å². The molecule has 3 rings (SSSR count). The quantitative estimate of drug-likeness (QED) is 0.554. The molecule has 0 bridgehead atoms. The first kappa shape index (κ1) is 8.72. The van der Waals surface area contributed by atoms with Crippen molar-refractivity contribution >= 4 is 5.65 Å². The molecule has 0 aliphatic carbocycles. The van der Waals surface area contributed by atoms with Crippen molar-refractivity contribution in [2.45, 2.75) is 0 Å². The Bertz CT molecular complexity index is 686. The number of rotatable bonds is 1. The van der Waals surface area contributed by atoms with Gasteiger partial charge in [-0.25, -0.2) is 9.78 Å². The number of hydrogen-bond donors (Lipinski definition) is 0. The Hall–Kier alpha value is -2.57. The van der Waals surface area contributed by atoms with E-state index >= 15 is 0 Å². The minimum absolute atomic E-state index is 0.365. The topological polar surface area (TPSA) is 78.0 Å². The molecular formula is C9H6N6O. The molecule has 0 saturated heterocycles. The highest BCUT2D eigenvalue weighted by molar-refractivity contribution is 5.35. The van der Waals surface area contributed by atoms with Crippen molar-refractivity contribution in [3.05, 3.63) is 47.4 Å². The Morgan fingerprint density at radius 2 is 2.12 bits per heavy atom. The summed E-state index contributed by atoms with van der Waals surface area (Å²) < 4.78 is 2.37. The maximum absolute atomic E-state index is 11.9. The van der Waals surface area contributed by atoms with Gasteiger partial charge in [-0.05, 0) is 12.1 Å². The second-order valence-corrected chi connectivity index (χ2v) is 3.05. The molecule has 16 heavy (non-hydrogen) atoms. The lowest BCUT2D eigenvalue weighted by Gasteiger charge is -1.93. The molecule has 3 aromatic rings. The molecule has 0 N–H and O–H groups in total. The normalized spacial score (nSPS) is 10.8. The summed E-state index contributed by atoms with van der Waals surface area (Å²) in [6.45, 7) is 0. The van der Waals surface area contributed by atoms with Crippen molar-refractivity contribution in [2.75, 3.05) is 0 Å². The Balaban J connectivity index is 2.34. The molecule has 0 atom stereocenters. The average molecular weight is 214 g/mol. The van der Waals surface area contributed by atoms with Gasteiger partial charge in [0.1, 0.15) is 0 Å². The predicted molar refractivity (Wildman–Crippen MR) is 54.2 cm³/mol. The number of hydrogen-bond acceptors (Lipinski definition) is 5. The summed E-state index contributed by atoms with van der Waals surface area (Å²) >= 11 is 0. The summed E-state index contributed by atoms with van der Waals surface area (Å²) in [5, 5.41) is 7.98. The summed E-state index contributed by atoms with van der Waals surface area (Å²) in [6, 6.07) is 3.41. The highest BCUT2D eigenvalue weighted by Crippen LogP contribution is 1.98. The molecule has 0 aromatic carbocycles. The molecule has 3 heterocycles. The van der Waals surface area contributed by atoms with Gasteiger partial charge in [0.25, 0.3) is 0 Å². The van der Waals surface area contributed by atoms with E-state index in [1.807, 2.05) is 0 Å². The van der Waals surface area contributed by atoms with Crippen molar-refractivity contribution in [2.24, 2.45) is 0 Å². The highest BCUT2D eigenvalue weighted by atomic mass is 16.2. The van der Waals surface area contributed by atoms with Gasteiger partial charge in [-0.3, -0.25) is 4.98 Å². The van der Waals surface area contributed by atoms with E-state index in [4.69, 9.17) is 0 Å². The SMILES string of the molecule is O=c1n(-c2cnccn2)nc2cccnn12. The highest BCUT2D eigenvalue weighted by Gasteiger charge is 2.09. The summed E-state index contributed by atoms with van der Waals surface area (Å²) in [6.07, 6.45) is 6.02. The molecule has 0 fully saturated rings. The Morgan fingerprint density at radius 3 is 2.88 bits per heavy atom. The lowest BCUT2D eigenvalue weighted by Crippen LogP contribution is -2.21. The molecule has 7 heteroatoms. The zero-order chi connectivity index (χ0) is 11.0. The van der Waals surface area contributed by atoms with Gasteiger partial charge < -0.3 is 0 Å². The first-order valence-corrected chi connectivity index (χ1v) is 4.56. The molecular weight excluding hydrogens is 208 g/mol. The van der Waals surface area contributed by atoms with Gasteiger partial charge in [0.05, 0.1) is 6.20 Å². The number of aromatic nitrogens is 6. The van der Waals surface area contributed by atoms with Gasteiger partial charge in [-0.1, -0.05) is 0 Å². The van der Waals surface area contributed by atoms with E-state index in [9.17, 15) is 4.79 Å². The van der Waals surface area contributed by atoms with Gasteiger partial charge in [-0.2, -0.15) is 14.3 Å². The standard InChI is InChI=1S/C9H6N6O/c16-9-14-7(2-1-3-12-14)13-15(9)8-6-10-4-5-11-8/h1-6H. The fraction of sp³-hybridized carbons (Fsp3) is 0. The monoisotopic (exact) mass is 214 g/mol. The molecule has 0 amide bonds.